The van der Waals surface area contributed by atoms with Crippen molar-refractivity contribution >= 4 is 16.2 Å². The van der Waals surface area contributed by atoms with Crippen LogP contribution in [0.4, 0.5) is 4.79 Å². The monoisotopic (exact) mass is 378 g/mol. The van der Waals surface area contributed by atoms with Gasteiger partial charge in [-0.2, -0.15) is 17.0 Å². The fourth-order valence-electron chi connectivity index (χ4n) is 3.88. The molecule has 1 saturated carbocycles. The minimum atomic E-state index is -3.36. The summed E-state index contributed by atoms with van der Waals surface area (Å²) in [6.07, 6.45) is 2.84. The van der Waals surface area contributed by atoms with Crippen molar-refractivity contribution in [2.24, 2.45) is 0 Å². The summed E-state index contributed by atoms with van der Waals surface area (Å²) in [5.41, 5.74) is 1.26. The minimum absolute atomic E-state index is 0.0772. The SMILES string of the molecule is O=C(N[C@@H]1C[C@H]1c1ccccc1)N1CCN(S(=O)(=O)N2CCCC2)CC1. The maximum Gasteiger partial charge on any atom is 0.317 e. The molecule has 1 aliphatic carbocycles. The van der Waals surface area contributed by atoms with E-state index in [0.717, 1.165) is 19.3 Å². The first-order chi connectivity index (χ1) is 12.6. The largest absolute Gasteiger partial charge is 0.335 e. The third-order valence-electron chi connectivity index (χ3n) is 5.57. The van der Waals surface area contributed by atoms with Gasteiger partial charge < -0.3 is 10.2 Å². The molecule has 26 heavy (non-hydrogen) atoms. The lowest BCUT2D eigenvalue weighted by molar-refractivity contribution is 0.169. The number of benzene rings is 1. The third kappa shape index (κ3) is 3.58. The first kappa shape index (κ1) is 17.8. The van der Waals surface area contributed by atoms with Crippen molar-refractivity contribution in [2.75, 3.05) is 39.3 Å². The maximum absolute atomic E-state index is 12.6. The average molecular weight is 378 g/mol. The van der Waals surface area contributed by atoms with E-state index in [1.165, 1.54) is 9.87 Å². The van der Waals surface area contributed by atoms with Gasteiger partial charge in [0.2, 0.25) is 0 Å². The van der Waals surface area contributed by atoms with Crippen LogP contribution in [-0.4, -0.2) is 73.3 Å². The van der Waals surface area contributed by atoms with Crippen LogP contribution in [0, 0.1) is 0 Å². The molecule has 8 heteroatoms. The van der Waals surface area contributed by atoms with Crippen LogP contribution in [0.25, 0.3) is 0 Å². The van der Waals surface area contributed by atoms with Gasteiger partial charge in [0.1, 0.15) is 0 Å². The van der Waals surface area contributed by atoms with Gasteiger partial charge in [0.15, 0.2) is 0 Å². The zero-order valence-electron chi connectivity index (χ0n) is 14.9. The van der Waals surface area contributed by atoms with Crippen molar-refractivity contribution in [3.63, 3.8) is 0 Å². The van der Waals surface area contributed by atoms with Gasteiger partial charge in [0, 0.05) is 51.2 Å². The fourth-order valence-corrected chi connectivity index (χ4v) is 5.55. The molecule has 1 N–H and O–H groups in total. The Labute approximate surface area is 155 Å². The Kier molecular flexibility index (Phi) is 4.90. The molecule has 142 valence electrons. The topological polar surface area (TPSA) is 73.0 Å². The number of piperazine rings is 1. The van der Waals surface area contributed by atoms with Crippen molar-refractivity contribution in [1.29, 1.82) is 0 Å². The molecule has 2 amide bonds. The highest BCUT2D eigenvalue weighted by molar-refractivity contribution is 7.86. The highest BCUT2D eigenvalue weighted by Gasteiger charge is 2.41. The van der Waals surface area contributed by atoms with Crippen LogP contribution in [-0.2, 0) is 10.2 Å². The number of carbonyl (C=O) groups is 1. The summed E-state index contributed by atoms with van der Waals surface area (Å²) in [4.78, 5) is 14.2. The number of nitrogens with one attached hydrogen (secondary N) is 1. The van der Waals surface area contributed by atoms with E-state index in [2.05, 4.69) is 17.4 Å². The molecule has 0 bridgehead atoms. The predicted octanol–water partition coefficient (Wildman–Crippen LogP) is 1.21. The van der Waals surface area contributed by atoms with E-state index in [1.54, 1.807) is 9.21 Å². The predicted molar refractivity (Wildman–Crippen MR) is 99.0 cm³/mol. The Bertz CT molecular complexity index is 741. The van der Waals surface area contributed by atoms with Crippen LogP contribution in [0.2, 0.25) is 0 Å². The molecular formula is C18H26N4O3S. The van der Waals surface area contributed by atoms with Gasteiger partial charge in [0.25, 0.3) is 10.2 Å². The van der Waals surface area contributed by atoms with Gasteiger partial charge >= 0.3 is 6.03 Å². The molecule has 0 unspecified atom stereocenters. The minimum Gasteiger partial charge on any atom is -0.335 e. The molecule has 2 atom stereocenters. The van der Waals surface area contributed by atoms with Gasteiger partial charge in [-0.1, -0.05) is 30.3 Å². The average Bonchev–Trinajstić information content (AvgIpc) is 3.19. The summed E-state index contributed by atoms with van der Waals surface area (Å²) in [6.45, 7) is 2.87. The van der Waals surface area contributed by atoms with Crippen molar-refractivity contribution in [3.8, 4) is 0 Å². The summed E-state index contributed by atoms with van der Waals surface area (Å²) in [6, 6.07) is 10.3. The van der Waals surface area contributed by atoms with Crippen LogP contribution in [0.1, 0.15) is 30.7 Å². The Balaban J connectivity index is 1.27. The van der Waals surface area contributed by atoms with Crippen molar-refractivity contribution in [2.45, 2.75) is 31.2 Å². The van der Waals surface area contributed by atoms with Gasteiger partial charge in [-0.05, 0) is 24.8 Å². The van der Waals surface area contributed by atoms with E-state index < -0.39 is 10.2 Å². The van der Waals surface area contributed by atoms with E-state index in [4.69, 9.17) is 0 Å². The number of rotatable bonds is 4. The van der Waals surface area contributed by atoms with E-state index in [0.29, 0.717) is 45.2 Å². The zero-order chi connectivity index (χ0) is 18.1. The lowest BCUT2D eigenvalue weighted by Gasteiger charge is -2.35. The third-order valence-corrected chi connectivity index (χ3v) is 7.61. The molecule has 2 aliphatic heterocycles. The molecule has 2 saturated heterocycles. The van der Waals surface area contributed by atoms with E-state index in [9.17, 15) is 13.2 Å². The second kappa shape index (κ2) is 7.17. The zero-order valence-corrected chi connectivity index (χ0v) is 15.7. The molecule has 3 aliphatic rings. The van der Waals surface area contributed by atoms with Crippen LogP contribution in [0.3, 0.4) is 0 Å². The summed E-state index contributed by atoms with van der Waals surface area (Å²) in [7, 11) is -3.36. The molecule has 0 aromatic heterocycles. The second-order valence-corrected chi connectivity index (χ2v) is 9.24. The molecule has 1 aromatic carbocycles. The van der Waals surface area contributed by atoms with E-state index in [1.807, 2.05) is 18.2 Å². The molecule has 0 spiro atoms. The molecule has 0 radical (unpaired) electrons. The Morgan fingerprint density at radius 2 is 1.54 bits per heavy atom. The molecule has 1 aromatic rings. The second-order valence-electron chi connectivity index (χ2n) is 7.31. The van der Waals surface area contributed by atoms with E-state index >= 15 is 0 Å². The highest BCUT2D eigenvalue weighted by atomic mass is 32.2. The Morgan fingerprint density at radius 1 is 0.923 bits per heavy atom. The number of nitrogens with zero attached hydrogens (tertiary/aromatic N) is 3. The van der Waals surface area contributed by atoms with Gasteiger partial charge in [-0.15, -0.1) is 0 Å². The number of hydrogen-bond acceptors (Lipinski definition) is 3. The molecule has 3 fully saturated rings. The molecule has 2 heterocycles. The first-order valence-corrected chi connectivity index (χ1v) is 10.8. The number of amides is 2. The summed E-state index contributed by atoms with van der Waals surface area (Å²) in [5, 5.41) is 3.09. The number of carbonyl (C=O) groups excluding carboxylic acids is 1. The lowest BCUT2D eigenvalue weighted by Crippen LogP contribution is -2.55. The molecular weight excluding hydrogens is 352 g/mol. The van der Waals surface area contributed by atoms with Gasteiger partial charge in [-0.25, -0.2) is 4.79 Å². The quantitative estimate of drug-likeness (QED) is 0.856. The van der Waals surface area contributed by atoms with Crippen molar-refractivity contribution in [3.05, 3.63) is 35.9 Å². The number of hydrogen-bond donors (Lipinski definition) is 1. The normalized spacial score (nSPS) is 27.5. The molecule has 4 rings (SSSR count). The van der Waals surface area contributed by atoms with E-state index in [-0.39, 0.29) is 12.1 Å². The summed E-state index contributed by atoms with van der Waals surface area (Å²) in [5.74, 6) is 0.400. The molecule has 7 nitrogen and oxygen atoms in total. The van der Waals surface area contributed by atoms with Crippen LogP contribution in [0.15, 0.2) is 30.3 Å². The van der Waals surface area contributed by atoms with Crippen molar-refractivity contribution in [1.82, 2.24) is 18.8 Å². The summed E-state index contributed by atoms with van der Waals surface area (Å²) >= 11 is 0. The Morgan fingerprint density at radius 3 is 2.19 bits per heavy atom. The first-order valence-electron chi connectivity index (χ1n) is 9.41. The summed E-state index contributed by atoms with van der Waals surface area (Å²) < 4.78 is 28.3. The van der Waals surface area contributed by atoms with Crippen LogP contribution >= 0.6 is 0 Å². The van der Waals surface area contributed by atoms with Gasteiger partial charge in [-0.3, -0.25) is 0 Å². The lowest BCUT2D eigenvalue weighted by atomic mass is 10.1. The smallest absolute Gasteiger partial charge is 0.317 e. The standard InChI is InChI=1S/C18H26N4O3S/c23-18(19-17-14-16(17)15-6-2-1-3-7-15)20-10-12-22(13-11-20)26(24,25)21-8-4-5-9-21/h1-3,6-7,16-17H,4-5,8-14H2,(H,19,23)/t16-,17+/m0/s1. The van der Waals surface area contributed by atoms with Crippen LogP contribution in [0.5, 0.6) is 0 Å². The van der Waals surface area contributed by atoms with Crippen molar-refractivity contribution < 1.29 is 13.2 Å². The highest BCUT2D eigenvalue weighted by Crippen LogP contribution is 2.40. The fraction of sp³-hybridized carbons (Fsp3) is 0.611. The Hall–Kier alpha value is -1.64. The van der Waals surface area contributed by atoms with Crippen LogP contribution < -0.4 is 5.32 Å². The van der Waals surface area contributed by atoms with Gasteiger partial charge in [0.05, 0.1) is 0 Å². The maximum atomic E-state index is 12.6. The number of urea groups is 1.